The molecule has 2 heterocycles. The Balaban J connectivity index is 1.48. The first-order valence-electron chi connectivity index (χ1n) is 11.8. The van der Waals surface area contributed by atoms with E-state index in [1.54, 1.807) is 12.2 Å². The quantitative estimate of drug-likeness (QED) is 0.659. The van der Waals surface area contributed by atoms with Gasteiger partial charge in [0.1, 0.15) is 11.7 Å². The molecule has 6 rings (SSSR count). The number of fused-ring (bicyclic) bond motifs is 7. The smallest absolute Gasteiger partial charge is 0.209 e. The van der Waals surface area contributed by atoms with E-state index in [1.165, 1.54) is 6.08 Å². The maximum atomic E-state index is 17.3. The Labute approximate surface area is 187 Å². The third-order valence-corrected chi connectivity index (χ3v) is 9.98. The number of rotatable bonds is 2. The van der Waals surface area contributed by atoms with Crippen LogP contribution in [0.5, 0.6) is 0 Å². The van der Waals surface area contributed by atoms with Gasteiger partial charge in [0.2, 0.25) is 5.60 Å². The minimum Gasteiger partial charge on any atom is -0.390 e. The fourth-order valence-corrected chi connectivity index (χ4v) is 8.40. The lowest BCUT2D eigenvalue weighted by molar-refractivity contribution is -0.241. The number of allylic oxidation sites excluding steroid dienone is 4. The van der Waals surface area contributed by atoms with Crippen LogP contribution in [0.1, 0.15) is 52.9 Å². The van der Waals surface area contributed by atoms with Gasteiger partial charge >= 0.3 is 0 Å². The first-order valence-corrected chi connectivity index (χ1v) is 11.8. The Bertz CT molecular complexity index is 999. The Hall–Kier alpha value is -1.59. The number of carbonyl (C=O) groups is 1. The molecule has 3 saturated carbocycles. The average Bonchev–Trinajstić information content (AvgIpc) is 3.41. The van der Waals surface area contributed by atoms with Crippen LogP contribution in [0.25, 0.3) is 0 Å². The van der Waals surface area contributed by atoms with Gasteiger partial charge in [-0.1, -0.05) is 25.5 Å². The van der Waals surface area contributed by atoms with E-state index < -0.39 is 46.0 Å². The molecule has 0 aromatic rings. The lowest BCUT2D eigenvalue weighted by Gasteiger charge is -2.63. The first-order chi connectivity index (χ1) is 15.1. The molecule has 0 amide bonds. The number of hydrogen-bond acceptors (Lipinski definition) is 6. The zero-order valence-electron chi connectivity index (χ0n) is 18.8. The van der Waals surface area contributed by atoms with Crippen LogP contribution in [0.3, 0.4) is 0 Å². The molecule has 2 aliphatic heterocycles. The van der Waals surface area contributed by atoms with E-state index in [-0.39, 0.29) is 30.8 Å². The first kappa shape index (κ1) is 21.0. The standard InChI is InChI=1S/C25H30FNO5/c1-4-20-31-19-10-17-16-6-5-14-9-15(28)7-8-21(14,2)24(16,26)18(29)11-22(17,3)25(19,32-20)23(12-27)13-30-23/h7-9,16-20,29H,4-6,10-11,13H2,1-3H3/t16-,17-,18-,19+,20?,21-,22-,23?,24-,25+/m0/s1. The number of nitriles is 1. The molecule has 0 aromatic heterocycles. The molecule has 0 spiro atoms. The van der Waals surface area contributed by atoms with Crippen LogP contribution in [0, 0.1) is 34.0 Å². The van der Waals surface area contributed by atoms with Gasteiger partial charge in [0, 0.05) is 16.7 Å². The van der Waals surface area contributed by atoms with Crippen LogP contribution >= 0.6 is 0 Å². The lowest BCUT2D eigenvalue weighted by Crippen LogP contribution is -2.70. The van der Waals surface area contributed by atoms with Crippen LogP contribution in [-0.2, 0) is 19.0 Å². The van der Waals surface area contributed by atoms with Crippen LogP contribution in [0.4, 0.5) is 4.39 Å². The Kier molecular flexibility index (Phi) is 4.00. The highest BCUT2D eigenvalue weighted by Gasteiger charge is 2.85. The van der Waals surface area contributed by atoms with Crippen molar-refractivity contribution in [1.82, 2.24) is 0 Å². The summed E-state index contributed by atoms with van der Waals surface area (Å²) in [4.78, 5) is 12.0. The molecule has 0 aromatic carbocycles. The molecule has 2 unspecified atom stereocenters. The Morgan fingerprint density at radius 1 is 1.34 bits per heavy atom. The second-order valence-corrected chi connectivity index (χ2v) is 11.0. The molecule has 4 aliphatic carbocycles. The van der Waals surface area contributed by atoms with Gasteiger partial charge in [-0.2, -0.15) is 5.26 Å². The SMILES string of the molecule is CCC1O[C@@H]2C[C@H]3[C@@H]4CCC5=CC(=O)C=C[C@]5(C)[C@@]4(F)[C@@H](O)C[C@]3(C)[C@]2(C2(C#N)CO2)O1. The summed E-state index contributed by atoms with van der Waals surface area (Å²) in [6, 6.07) is 2.35. The number of aliphatic hydroxyl groups is 1. The largest absolute Gasteiger partial charge is 0.390 e. The van der Waals surface area contributed by atoms with Crippen molar-refractivity contribution in [2.45, 2.75) is 88.2 Å². The van der Waals surface area contributed by atoms with Gasteiger partial charge in [0.25, 0.3) is 0 Å². The summed E-state index contributed by atoms with van der Waals surface area (Å²) in [6.07, 6.45) is 5.06. The normalized spacial score (nSPS) is 57.7. The molecule has 6 nitrogen and oxygen atoms in total. The molecule has 32 heavy (non-hydrogen) atoms. The molecule has 5 fully saturated rings. The maximum Gasteiger partial charge on any atom is 0.209 e. The minimum atomic E-state index is -1.91. The van der Waals surface area contributed by atoms with E-state index in [2.05, 4.69) is 6.07 Å². The van der Waals surface area contributed by atoms with Crippen molar-refractivity contribution in [1.29, 1.82) is 5.26 Å². The predicted octanol–water partition coefficient (Wildman–Crippen LogP) is 3.15. The summed E-state index contributed by atoms with van der Waals surface area (Å²) < 4.78 is 35.9. The lowest BCUT2D eigenvalue weighted by atomic mass is 9.44. The number of ketones is 1. The number of hydrogen-bond donors (Lipinski definition) is 1. The minimum absolute atomic E-state index is 0.127. The van der Waals surface area contributed by atoms with Crippen LogP contribution in [0.15, 0.2) is 23.8 Å². The fourth-order valence-electron chi connectivity index (χ4n) is 8.40. The van der Waals surface area contributed by atoms with Crippen molar-refractivity contribution < 1.29 is 28.5 Å². The Morgan fingerprint density at radius 3 is 2.75 bits per heavy atom. The highest BCUT2D eigenvalue weighted by atomic mass is 19.1. The van der Waals surface area contributed by atoms with E-state index in [1.807, 2.05) is 20.8 Å². The van der Waals surface area contributed by atoms with Crippen molar-refractivity contribution >= 4 is 5.78 Å². The van der Waals surface area contributed by atoms with Gasteiger partial charge < -0.3 is 19.3 Å². The van der Waals surface area contributed by atoms with E-state index >= 15 is 4.39 Å². The van der Waals surface area contributed by atoms with Gasteiger partial charge in [0.15, 0.2) is 17.7 Å². The third-order valence-electron chi connectivity index (χ3n) is 9.98. The zero-order valence-corrected chi connectivity index (χ0v) is 18.8. The molecule has 0 radical (unpaired) electrons. The number of halogens is 1. The van der Waals surface area contributed by atoms with Gasteiger partial charge in [-0.05, 0) is 57.1 Å². The second kappa shape index (κ2) is 6.09. The summed E-state index contributed by atoms with van der Waals surface area (Å²) in [5.74, 6) is -0.712. The van der Waals surface area contributed by atoms with Crippen molar-refractivity contribution in [3.05, 3.63) is 23.8 Å². The third kappa shape index (κ3) is 2.04. The topological polar surface area (TPSA) is 92.1 Å². The Morgan fingerprint density at radius 2 is 2.09 bits per heavy atom. The molecule has 2 saturated heterocycles. The summed E-state index contributed by atoms with van der Waals surface area (Å²) in [6.45, 7) is 6.09. The summed E-state index contributed by atoms with van der Waals surface area (Å²) in [5.41, 5.74) is -5.02. The molecule has 10 atom stereocenters. The summed E-state index contributed by atoms with van der Waals surface area (Å²) in [5, 5.41) is 21.6. The highest BCUT2D eigenvalue weighted by Crippen LogP contribution is 2.74. The fraction of sp³-hybridized carbons (Fsp3) is 0.760. The van der Waals surface area contributed by atoms with Crippen molar-refractivity contribution in [2.24, 2.45) is 22.7 Å². The number of carbonyl (C=O) groups excluding carboxylic acids is 1. The van der Waals surface area contributed by atoms with Crippen molar-refractivity contribution in [3.63, 3.8) is 0 Å². The van der Waals surface area contributed by atoms with Gasteiger partial charge in [-0.15, -0.1) is 0 Å². The second-order valence-electron chi connectivity index (χ2n) is 11.0. The number of alkyl halides is 1. The predicted molar refractivity (Wildman–Crippen MR) is 111 cm³/mol. The molecule has 172 valence electrons. The molecule has 0 bridgehead atoms. The van der Waals surface area contributed by atoms with Crippen molar-refractivity contribution in [2.75, 3.05) is 6.61 Å². The maximum absolute atomic E-state index is 17.3. The number of aliphatic hydroxyl groups excluding tert-OH is 1. The molecular formula is C25H30FNO5. The van der Waals surface area contributed by atoms with Crippen molar-refractivity contribution in [3.8, 4) is 6.07 Å². The number of epoxide rings is 1. The number of ether oxygens (including phenoxy) is 3. The zero-order chi connectivity index (χ0) is 22.7. The van der Waals surface area contributed by atoms with E-state index in [0.717, 1.165) is 5.57 Å². The van der Waals surface area contributed by atoms with Gasteiger partial charge in [0.05, 0.1) is 18.8 Å². The van der Waals surface area contributed by atoms with E-state index in [9.17, 15) is 15.2 Å². The summed E-state index contributed by atoms with van der Waals surface area (Å²) in [7, 11) is 0. The average molecular weight is 444 g/mol. The molecule has 1 N–H and O–H groups in total. The summed E-state index contributed by atoms with van der Waals surface area (Å²) >= 11 is 0. The van der Waals surface area contributed by atoms with E-state index in [4.69, 9.17) is 14.2 Å². The van der Waals surface area contributed by atoms with Crippen LogP contribution in [-0.4, -0.2) is 52.9 Å². The van der Waals surface area contributed by atoms with Crippen LogP contribution in [0.2, 0.25) is 0 Å². The molecule has 6 aliphatic rings. The molecule has 7 heteroatoms. The van der Waals surface area contributed by atoms with Gasteiger partial charge in [-0.3, -0.25) is 4.79 Å². The van der Waals surface area contributed by atoms with Crippen LogP contribution < -0.4 is 0 Å². The van der Waals surface area contributed by atoms with E-state index in [0.29, 0.717) is 25.7 Å². The number of nitrogens with zero attached hydrogens (tertiary/aromatic N) is 1. The van der Waals surface area contributed by atoms with Gasteiger partial charge in [-0.25, -0.2) is 4.39 Å². The highest BCUT2D eigenvalue weighted by molar-refractivity contribution is 6.01. The molecular weight excluding hydrogens is 413 g/mol. The monoisotopic (exact) mass is 443 g/mol.